The van der Waals surface area contributed by atoms with Crippen molar-refractivity contribution in [2.45, 2.75) is 18.7 Å². The van der Waals surface area contributed by atoms with Crippen molar-refractivity contribution in [3.8, 4) is 0 Å². The highest BCUT2D eigenvalue weighted by atomic mass is 32.2. The Balaban J connectivity index is 1.61. The molecule has 0 radical (unpaired) electrons. The van der Waals surface area contributed by atoms with E-state index in [2.05, 4.69) is 27.8 Å². The maximum atomic E-state index is 12.5. The molecule has 1 aliphatic rings. The first-order valence-electron chi connectivity index (χ1n) is 7.75. The molecule has 2 aromatic carbocycles. The molecule has 0 aliphatic carbocycles. The number of aryl methyl sites for hydroxylation is 2. The van der Waals surface area contributed by atoms with Gasteiger partial charge in [-0.25, -0.2) is 4.98 Å². The van der Waals surface area contributed by atoms with Crippen molar-refractivity contribution in [1.29, 1.82) is 0 Å². The second-order valence-corrected chi connectivity index (χ2v) is 8.00. The summed E-state index contributed by atoms with van der Waals surface area (Å²) < 4.78 is 1.06. The second kappa shape index (κ2) is 6.16. The number of nitrogens with zero attached hydrogens (tertiary/aromatic N) is 1. The molecule has 3 aromatic rings. The van der Waals surface area contributed by atoms with Crippen LogP contribution >= 0.6 is 23.1 Å². The Hall–Kier alpha value is -2.38. The minimum Gasteiger partial charge on any atom is -0.324 e. The Labute approximate surface area is 152 Å². The lowest BCUT2D eigenvalue weighted by Gasteiger charge is -2.16. The van der Waals surface area contributed by atoms with Crippen molar-refractivity contribution in [3.63, 3.8) is 0 Å². The van der Waals surface area contributed by atoms with Crippen LogP contribution in [0.1, 0.15) is 21.5 Å². The number of thioether (sulfide) groups is 1. The molecule has 1 aromatic heterocycles. The first-order chi connectivity index (χ1) is 12.0. The van der Waals surface area contributed by atoms with Gasteiger partial charge in [-0.3, -0.25) is 14.9 Å². The molecule has 2 amide bonds. The third-order valence-electron chi connectivity index (χ3n) is 3.92. The number of hydrogen-bond acceptors (Lipinski definition) is 5. The molecule has 0 spiro atoms. The SMILES string of the molecule is Cc1cc(C)c2nc(NC(=O)c3ccc4c(c3)NC(=O)CS4)sc2c1. The van der Waals surface area contributed by atoms with Crippen LogP contribution in [0.25, 0.3) is 10.2 Å². The van der Waals surface area contributed by atoms with Gasteiger partial charge in [-0.1, -0.05) is 17.4 Å². The van der Waals surface area contributed by atoms with E-state index in [4.69, 9.17) is 0 Å². The van der Waals surface area contributed by atoms with Crippen molar-refractivity contribution in [2.75, 3.05) is 16.4 Å². The van der Waals surface area contributed by atoms with Gasteiger partial charge in [0.05, 0.1) is 21.7 Å². The predicted molar refractivity (Wildman–Crippen MR) is 103 cm³/mol. The zero-order valence-electron chi connectivity index (χ0n) is 13.7. The van der Waals surface area contributed by atoms with Crippen LogP contribution in [0.5, 0.6) is 0 Å². The van der Waals surface area contributed by atoms with Crippen LogP contribution in [0.3, 0.4) is 0 Å². The van der Waals surface area contributed by atoms with Gasteiger partial charge in [0, 0.05) is 10.5 Å². The normalized spacial score (nSPS) is 13.4. The van der Waals surface area contributed by atoms with Gasteiger partial charge >= 0.3 is 0 Å². The largest absolute Gasteiger partial charge is 0.324 e. The third-order valence-corrected chi connectivity index (χ3v) is 5.92. The molecule has 2 N–H and O–H groups in total. The van der Waals surface area contributed by atoms with Gasteiger partial charge in [0.1, 0.15) is 0 Å². The molecule has 25 heavy (non-hydrogen) atoms. The number of fused-ring (bicyclic) bond motifs is 2. The number of nitrogens with one attached hydrogen (secondary N) is 2. The summed E-state index contributed by atoms with van der Waals surface area (Å²) in [4.78, 5) is 29.6. The second-order valence-electron chi connectivity index (χ2n) is 5.95. The Morgan fingerprint density at radius 1 is 1.24 bits per heavy atom. The molecule has 7 heteroatoms. The Morgan fingerprint density at radius 3 is 2.92 bits per heavy atom. The fourth-order valence-electron chi connectivity index (χ4n) is 2.82. The van der Waals surface area contributed by atoms with E-state index in [-0.39, 0.29) is 11.8 Å². The summed E-state index contributed by atoms with van der Waals surface area (Å²) >= 11 is 2.93. The molecule has 0 saturated carbocycles. The van der Waals surface area contributed by atoms with Gasteiger partial charge in [0.15, 0.2) is 5.13 Å². The number of hydrogen-bond donors (Lipinski definition) is 2. The number of benzene rings is 2. The van der Waals surface area contributed by atoms with Gasteiger partial charge in [0.2, 0.25) is 5.91 Å². The van der Waals surface area contributed by atoms with Gasteiger partial charge in [-0.15, -0.1) is 11.8 Å². The standard InChI is InChI=1S/C18H15N3O2S2/c1-9-5-10(2)16-14(6-9)25-18(20-16)21-17(23)11-3-4-13-12(7-11)19-15(22)8-24-13/h3-7H,8H2,1-2H3,(H,19,22)(H,20,21,23). The number of thiazole rings is 1. The highest BCUT2D eigenvalue weighted by Gasteiger charge is 2.18. The lowest BCUT2D eigenvalue weighted by Crippen LogP contribution is -2.19. The van der Waals surface area contributed by atoms with Crippen molar-refractivity contribution >= 4 is 55.9 Å². The average Bonchev–Trinajstić information content (AvgIpc) is 2.96. The van der Waals surface area contributed by atoms with E-state index in [0.29, 0.717) is 22.1 Å². The molecule has 1 aliphatic heterocycles. The van der Waals surface area contributed by atoms with E-state index in [1.54, 1.807) is 12.1 Å². The topological polar surface area (TPSA) is 71.1 Å². The third kappa shape index (κ3) is 3.12. The Bertz CT molecular complexity index is 1030. The number of amides is 2. The van der Waals surface area contributed by atoms with E-state index in [9.17, 15) is 9.59 Å². The van der Waals surface area contributed by atoms with Crippen molar-refractivity contribution in [3.05, 3.63) is 47.0 Å². The summed E-state index contributed by atoms with van der Waals surface area (Å²) in [6.45, 7) is 4.06. The van der Waals surface area contributed by atoms with Crippen LogP contribution in [0, 0.1) is 13.8 Å². The van der Waals surface area contributed by atoms with Gasteiger partial charge in [0.25, 0.3) is 5.91 Å². The van der Waals surface area contributed by atoms with Crippen molar-refractivity contribution in [1.82, 2.24) is 4.98 Å². The first-order valence-corrected chi connectivity index (χ1v) is 9.55. The molecule has 5 nitrogen and oxygen atoms in total. The lowest BCUT2D eigenvalue weighted by atomic mass is 10.1. The van der Waals surface area contributed by atoms with E-state index < -0.39 is 0 Å². The quantitative estimate of drug-likeness (QED) is 0.710. The Morgan fingerprint density at radius 2 is 2.08 bits per heavy atom. The molecule has 4 rings (SSSR count). The first kappa shape index (κ1) is 16.1. The molecular weight excluding hydrogens is 354 g/mol. The van der Waals surface area contributed by atoms with Crippen LogP contribution in [0.2, 0.25) is 0 Å². The molecular formula is C18H15N3O2S2. The van der Waals surface area contributed by atoms with Crippen LogP contribution in [0.4, 0.5) is 10.8 Å². The molecule has 2 heterocycles. The van der Waals surface area contributed by atoms with Crippen LogP contribution in [0.15, 0.2) is 35.2 Å². The number of rotatable bonds is 2. The smallest absolute Gasteiger partial charge is 0.257 e. The lowest BCUT2D eigenvalue weighted by molar-refractivity contribution is -0.113. The summed E-state index contributed by atoms with van der Waals surface area (Å²) in [6, 6.07) is 9.48. The number of aromatic nitrogens is 1. The highest BCUT2D eigenvalue weighted by molar-refractivity contribution is 8.00. The maximum Gasteiger partial charge on any atom is 0.257 e. The molecule has 0 saturated heterocycles. The van der Waals surface area contributed by atoms with E-state index in [0.717, 1.165) is 20.7 Å². The summed E-state index contributed by atoms with van der Waals surface area (Å²) in [5.41, 5.74) is 4.37. The van der Waals surface area contributed by atoms with E-state index in [1.165, 1.54) is 28.7 Å². The summed E-state index contributed by atoms with van der Waals surface area (Å²) in [7, 11) is 0. The van der Waals surface area contributed by atoms with E-state index in [1.807, 2.05) is 19.9 Å². The average molecular weight is 369 g/mol. The fraction of sp³-hybridized carbons (Fsp3) is 0.167. The zero-order valence-corrected chi connectivity index (χ0v) is 15.3. The summed E-state index contributed by atoms with van der Waals surface area (Å²) in [5, 5.41) is 6.24. The minimum absolute atomic E-state index is 0.0490. The fourth-order valence-corrected chi connectivity index (χ4v) is 4.64. The summed E-state index contributed by atoms with van der Waals surface area (Å²) in [6.07, 6.45) is 0. The molecule has 0 bridgehead atoms. The predicted octanol–water partition coefficient (Wildman–Crippen LogP) is 4.21. The van der Waals surface area contributed by atoms with Gasteiger partial charge in [-0.05, 0) is 49.2 Å². The number of carbonyl (C=O) groups excluding carboxylic acids is 2. The zero-order chi connectivity index (χ0) is 17.6. The minimum atomic E-state index is -0.235. The molecule has 126 valence electrons. The Kier molecular flexibility index (Phi) is 3.97. The maximum absolute atomic E-state index is 12.5. The van der Waals surface area contributed by atoms with Crippen molar-refractivity contribution in [2.24, 2.45) is 0 Å². The van der Waals surface area contributed by atoms with Gasteiger partial charge < -0.3 is 5.32 Å². The molecule has 0 fully saturated rings. The molecule has 0 atom stereocenters. The van der Waals surface area contributed by atoms with Crippen molar-refractivity contribution < 1.29 is 9.59 Å². The number of anilines is 2. The summed E-state index contributed by atoms with van der Waals surface area (Å²) in [5.74, 6) is 0.122. The van der Waals surface area contributed by atoms with Crippen LogP contribution < -0.4 is 10.6 Å². The van der Waals surface area contributed by atoms with Gasteiger partial charge in [-0.2, -0.15) is 0 Å². The monoisotopic (exact) mass is 369 g/mol. The van der Waals surface area contributed by atoms with Crippen LogP contribution in [-0.4, -0.2) is 22.6 Å². The number of carbonyl (C=O) groups is 2. The highest BCUT2D eigenvalue weighted by Crippen LogP contribution is 2.33. The van der Waals surface area contributed by atoms with E-state index >= 15 is 0 Å². The van der Waals surface area contributed by atoms with Crippen LogP contribution in [-0.2, 0) is 4.79 Å². The molecule has 0 unspecified atom stereocenters.